The fraction of sp³-hybridized carbons (Fsp3) is 0.684. The highest BCUT2D eigenvalue weighted by Gasteiger charge is 2.40. The van der Waals surface area contributed by atoms with Gasteiger partial charge in [-0.05, 0) is 48.1 Å². The lowest BCUT2D eigenvalue weighted by Crippen LogP contribution is -2.25. The summed E-state index contributed by atoms with van der Waals surface area (Å²) < 4.78 is 36.9. The topological polar surface area (TPSA) is 74.7 Å². The van der Waals surface area contributed by atoms with E-state index < -0.39 is 12.1 Å². The molecule has 6 nitrogen and oxygen atoms in total. The second kappa shape index (κ2) is 8.65. The standard InChI is InChI=1S/C17H25N3O.C2HF3O2/c1-21-3-2-12-5-17(12)13-4-16(9-19-6-13)20-10-14-7-18-8-15(14)11-20;3-2(4,5)1(6)7/h4,6,9,12,14-15,17-18H,2-3,5,7-8,10-11H2,1H3;(H,6,7)/t12-,14-,15+,17-;/m0./s1. The summed E-state index contributed by atoms with van der Waals surface area (Å²) in [7, 11) is 1.79. The Morgan fingerprint density at radius 3 is 2.54 bits per heavy atom. The van der Waals surface area contributed by atoms with Crippen LogP contribution in [0.15, 0.2) is 18.5 Å². The van der Waals surface area contributed by atoms with Crippen LogP contribution in [0.1, 0.15) is 24.3 Å². The predicted octanol–water partition coefficient (Wildman–Crippen LogP) is 2.51. The van der Waals surface area contributed by atoms with Crippen LogP contribution in [-0.4, -0.2) is 62.1 Å². The first-order chi connectivity index (χ1) is 13.3. The maximum Gasteiger partial charge on any atom is 0.490 e. The molecular weight excluding hydrogens is 375 g/mol. The first-order valence-electron chi connectivity index (χ1n) is 9.49. The smallest absolute Gasteiger partial charge is 0.475 e. The van der Waals surface area contributed by atoms with Gasteiger partial charge in [0.05, 0.1) is 11.9 Å². The van der Waals surface area contributed by atoms with Crippen molar-refractivity contribution in [3.8, 4) is 0 Å². The molecule has 156 valence electrons. The third-order valence-electron chi connectivity index (χ3n) is 5.79. The minimum absolute atomic E-state index is 0.719. The van der Waals surface area contributed by atoms with Gasteiger partial charge in [-0.3, -0.25) is 4.98 Å². The number of nitrogens with one attached hydrogen (secondary N) is 1. The van der Waals surface area contributed by atoms with Crippen molar-refractivity contribution < 1.29 is 27.8 Å². The van der Waals surface area contributed by atoms with Crippen LogP contribution < -0.4 is 10.2 Å². The zero-order valence-electron chi connectivity index (χ0n) is 15.8. The third kappa shape index (κ3) is 5.14. The molecule has 1 saturated carbocycles. The first kappa shape index (κ1) is 20.9. The summed E-state index contributed by atoms with van der Waals surface area (Å²) in [5.74, 6) is 0.445. The molecule has 4 atom stereocenters. The Kier molecular flexibility index (Phi) is 6.44. The number of rotatable bonds is 5. The van der Waals surface area contributed by atoms with E-state index in [-0.39, 0.29) is 0 Å². The number of hydrogen-bond acceptors (Lipinski definition) is 5. The molecule has 1 aromatic heterocycles. The summed E-state index contributed by atoms with van der Waals surface area (Å²) in [5, 5.41) is 10.6. The summed E-state index contributed by atoms with van der Waals surface area (Å²) >= 11 is 0. The van der Waals surface area contributed by atoms with Crippen LogP contribution in [-0.2, 0) is 9.53 Å². The number of carboxylic acids is 1. The Hall–Kier alpha value is -1.87. The second-order valence-electron chi connectivity index (χ2n) is 7.75. The molecule has 0 unspecified atom stereocenters. The van der Waals surface area contributed by atoms with Crippen LogP contribution in [0, 0.1) is 17.8 Å². The fourth-order valence-corrected chi connectivity index (χ4v) is 4.13. The number of hydrogen-bond donors (Lipinski definition) is 2. The lowest BCUT2D eigenvalue weighted by atomic mass is 10.0. The van der Waals surface area contributed by atoms with E-state index in [1.165, 1.54) is 50.3 Å². The Balaban J connectivity index is 0.000000279. The Morgan fingerprint density at radius 2 is 1.96 bits per heavy atom. The molecule has 0 spiro atoms. The van der Waals surface area contributed by atoms with E-state index in [4.69, 9.17) is 14.6 Å². The molecule has 2 N–H and O–H groups in total. The SMILES string of the molecule is COCC[C@H]1C[C@@H]1c1cncc(N2C[C@H]3CNC[C@H]3C2)c1.O=C(O)C(F)(F)F. The van der Waals surface area contributed by atoms with Gasteiger partial charge in [-0.25, -0.2) is 4.79 Å². The van der Waals surface area contributed by atoms with Crippen LogP contribution >= 0.6 is 0 Å². The van der Waals surface area contributed by atoms with Crippen LogP contribution in [0.3, 0.4) is 0 Å². The van der Waals surface area contributed by atoms with Crippen LogP contribution in [0.5, 0.6) is 0 Å². The van der Waals surface area contributed by atoms with Gasteiger partial charge in [0, 0.05) is 46.1 Å². The summed E-state index contributed by atoms with van der Waals surface area (Å²) in [5.41, 5.74) is 2.77. The highest BCUT2D eigenvalue weighted by Crippen LogP contribution is 2.50. The van der Waals surface area contributed by atoms with Gasteiger partial charge in [-0.1, -0.05) is 0 Å². The van der Waals surface area contributed by atoms with Gasteiger partial charge in [0.15, 0.2) is 0 Å². The molecule has 9 heteroatoms. The number of methoxy groups -OCH3 is 1. The van der Waals surface area contributed by atoms with E-state index in [0.29, 0.717) is 0 Å². The molecule has 0 radical (unpaired) electrons. The van der Waals surface area contributed by atoms with E-state index in [9.17, 15) is 13.2 Å². The van der Waals surface area contributed by atoms with Crippen LogP contribution in [0.4, 0.5) is 18.9 Å². The summed E-state index contributed by atoms with van der Waals surface area (Å²) in [6.07, 6.45) is 1.53. The van der Waals surface area contributed by atoms with Crippen molar-refractivity contribution in [1.82, 2.24) is 10.3 Å². The molecule has 4 rings (SSSR count). The summed E-state index contributed by atoms with van der Waals surface area (Å²) in [6, 6.07) is 2.39. The van der Waals surface area contributed by atoms with Crippen molar-refractivity contribution in [3.05, 3.63) is 24.0 Å². The van der Waals surface area contributed by atoms with Gasteiger partial charge in [-0.15, -0.1) is 0 Å². The lowest BCUT2D eigenvalue weighted by molar-refractivity contribution is -0.192. The average molecular weight is 401 g/mol. The lowest BCUT2D eigenvalue weighted by Gasteiger charge is -2.20. The van der Waals surface area contributed by atoms with E-state index in [2.05, 4.69) is 27.5 Å². The zero-order valence-corrected chi connectivity index (χ0v) is 15.8. The second-order valence-corrected chi connectivity index (χ2v) is 7.75. The molecular formula is C19H26F3N3O3. The van der Waals surface area contributed by atoms with Crippen molar-refractivity contribution in [2.24, 2.45) is 17.8 Å². The Morgan fingerprint density at radius 1 is 1.32 bits per heavy atom. The number of anilines is 1. The third-order valence-corrected chi connectivity index (χ3v) is 5.79. The molecule has 28 heavy (non-hydrogen) atoms. The number of fused-ring (bicyclic) bond motifs is 1. The van der Waals surface area contributed by atoms with Gasteiger partial charge in [0.25, 0.3) is 0 Å². The summed E-state index contributed by atoms with van der Waals surface area (Å²) in [6.45, 7) is 5.66. The number of aromatic nitrogens is 1. The molecule has 0 amide bonds. The summed E-state index contributed by atoms with van der Waals surface area (Å²) in [4.78, 5) is 15.9. The number of ether oxygens (including phenoxy) is 1. The predicted molar refractivity (Wildman–Crippen MR) is 97.3 cm³/mol. The molecule has 1 aliphatic carbocycles. The van der Waals surface area contributed by atoms with E-state index in [0.717, 1.165) is 30.3 Å². The normalized spacial score (nSPS) is 28.5. The monoisotopic (exact) mass is 401 g/mol. The van der Waals surface area contributed by atoms with Gasteiger partial charge in [0.1, 0.15) is 0 Å². The van der Waals surface area contributed by atoms with Gasteiger partial charge < -0.3 is 20.1 Å². The van der Waals surface area contributed by atoms with Crippen molar-refractivity contribution >= 4 is 11.7 Å². The Bertz CT molecular complexity index is 674. The van der Waals surface area contributed by atoms with Crippen molar-refractivity contribution in [3.63, 3.8) is 0 Å². The molecule has 1 aromatic rings. The minimum Gasteiger partial charge on any atom is -0.475 e. The molecule has 3 heterocycles. The van der Waals surface area contributed by atoms with Gasteiger partial charge >= 0.3 is 12.1 Å². The number of carbonyl (C=O) groups is 1. The number of carboxylic acid groups (broad SMARTS) is 1. The Labute approximate surface area is 162 Å². The zero-order chi connectivity index (χ0) is 20.3. The minimum atomic E-state index is -5.08. The fourth-order valence-electron chi connectivity index (χ4n) is 4.13. The van der Waals surface area contributed by atoms with Gasteiger partial charge in [-0.2, -0.15) is 13.2 Å². The molecule has 2 aliphatic heterocycles. The molecule has 3 fully saturated rings. The first-order valence-corrected chi connectivity index (χ1v) is 9.49. The molecule has 0 aromatic carbocycles. The number of nitrogens with zero attached hydrogens (tertiary/aromatic N) is 2. The number of aliphatic carboxylic acids is 1. The highest BCUT2D eigenvalue weighted by atomic mass is 19.4. The average Bonchev–Trinajstić information content (AvgIpc) is 3.09. The number of halogens is 3. The van der Waals surface area contributed by atoms with E-state index in [1.807, 2.05) is 6.20 Å². The van der Waals surface area contributed by atoms with Crippen molar-refractivity contribution in [2.45, 2.75) is 24.9 Å². The van der Waals surface area contributed by atoms with Crippen LogP contribution in [0.2, 0.25) is 0 Å². The van der Waals surface area contributed by atoms with E-state index >= 15 is 0 Å². The van der Waals surface area contributed by atoms with Crippen LogP contribution in [0.25, 0.3) is 0 Å². The number of alkyl halides is 3. The molecule has 3 aliphatic rings. The largest absolute Gasteiger partial charge is 0.490 e. The van der Waals surface area contributed by atoms with Gasteiger partial charge in [0.2, 0.25) is 0 Å². The quantitative estimate of drug-likeness (QED) is 0.790. The van der Waals surface area contributed by atoms with Crippen molar-refractivity contribution in [2.75, 3.05) is 44.8 Å². The maximum atomic E-state index is 10.6. The van der Waals surface area contributed by atoms with E-state index in [1.54, 1.807) is 7.11 Å². The molecule has 2 saturated heterocycles. The highest BCUT2D eigenvalue weighted by molar-refractivity contribution is 5.73. The maximum absolute atomic E-state index is 10.6. The van der Waals surface area contributed by atoms with Crippen molar-refractivity contribution in [1.29, 1.82) is 0 Å². The number of pyridine rings is 1. The molecule has 0 bridgehead atoms.